The molecule has 0 radical (unpaired) electrons. The molecule has 0 saturated heterocycles. The molecule has 0 aliphatic rings. The third-order valence-corrected chi connectivity index (χ3v) is 6.56. The minimum absolute atomic E-state index is 0.0895. The van der Waals surface area contributed by atoms with Crippen LogP contribution >= 0.6 is 0 Å². The summed E-state index contributed by atoms with van der Waals surface area (Å²) in [6.07, 6.45) is -1.11. The Morgan fingerprint density at radius 2 is 1.65 bits per heavy atom. The van der Waals surface area contributed by atoms with E-state index in [0.29, 0.717) is 5.56 Å². The van der Waals surface area contributed by atoms with Crippen LogP contribution in [0.2, 0.25) is 0 Å². The molecule has 3 aromatic rings. The maximum absolute atomic E-state index is 13.0. The summed E-state index contributed by atoms with van der Waals surface area (Å²) >= 11 is 0. The summed E-state index contributed by atoms with van der Waals surface area (Å²) in [6, 6.07) is 16.0. The molecule has 10 heteroatoms. The number of esters is 1. The summed E-state index contributed by atoms with van der Waals surface area (Å²) in [7, 11) is -4.28. The largest absolute Gasteiger partial charge is 0.451 e. The van der Waals surface area contributed by atoms with Crippen molar-refractivity contribution >= 4 is 33.2 Å². The lowest BCUT2D eigenvalue weighted by Crippen LogP contribution is -2.25. The molecule has 0 aliphatic heterocycles. The van der Waals surface area contributed by atoms with Gasteiger partial charge in [0.1, 0.15) is 0 Å². The standard InChI is InChI=1S/C24H22N2O7S/c1-15-8-11-18(12-9-15)23(27)17(3)33-24(28)20-6-4-5-7-21(20)25-34(31,32)22-14-19(26(29)30)13-10-16(22)2/h4-14,17,25H,1-3H3. The van der Waals surface area contributed by atoms with Crippen molar-refractivity contribution in [3.8, 4) is 0 Å². The number of hydrogen-bond acceptors (Lipinski definition) is 7. The number of ketones is 1. The molecule has 176 valence electrons. The number of benzene rings is 3. The fourth-order valence-corrected chi connectivity index (χ4v) is 4.52. The molecule has 0 aliphatic carbocycles. The number of rotatable bonds is 8. The first-order valence-corrected chi connectivity index (χ1v) is 11.7. The third kappa shape index (κ3) is 5.46. The van der Waals surface area contributed by atoms with Crippen molar-refractivity contribution in [2.24, 2.45) is 0 Å². The van der Waals surface area contributed by atoms with Gasteiger partial charge in [-0.25, -0.2) is 13.2 Å². The van der Waals surface area contributed by atoms with E-state index >= 15 is 0 Å². The number of carbonyl (C=O) groups is 2. The highest BCUT2D eigenvalue weighted by Gasteiger charge is 2.25. The van der Waals surface area contributed by atoms with Gasteiger partial charge in [-0.15, -0.1) is 0 Å². The van der Waals surface area contributed by atoms with Crippen LogP contribution in [-0.4, -0.2) is 31.2 Å². The van der Waals surface area contributed by atoms with Gasteiger partial charge in [-0.3, -0.25) is 19.6 Å². The van der Waals surface area contributed by atoms with Crippen molar-refractivity contribution in [2.45, 2.75) is 31.8 Å². The Balaban J connectivity index is 1.85. The van der Waals surface area contributed by atoms with Crippen LogP contribution in [0, 0.1) is 24.0 Å². The SMILES string of the molecule is Cc1ccc(C(=O)C(C)OC(=O)c2ccccc2NS(=O)(=O)c2cc([N+](=O)[O-])ccc2C)cc1. The lowest BCUT2D eigenvalue weighted by Gasteiger charge is -2.16. The highest BCUT2D eigenvalue weighted by molar-refractivity contribution is 7.92. The Morgan fingerprint density at radius 1 is 1.00 bits per heavy atom. The van der Waals surface area contributed by atoms with E-state index in [1.807, 2.05) is 6.92 Å². The van der Waals surface area contributed by atoms with Crippen LogP contribution < -0.4 is 4.72 Å². The van der Waals surface area contributed by atoms with Gasteiger partial charge in [0.05, 0.1) is 21.1 Å². The van der Waals surface area contributed by atoms with Gasteiger partial charge in [0.25, 0.3) is 15.7 Å². The Bertz CT molecular complexity index is 1370. The number of aryl methyl sites for hydroxylation is 2. The zero-order valence-corrected chi connectivity index (χ0v) is 19.5. The third-order valence-electron chi connectivity index (χ3n) is 5.05. The molecule has 0 heterocycles. The second-order valence-electron chi connectivity index (χ2n) is 7.64. The number of ether oxygens (including phenoxy) is 1. The van der Waals surface area contributed by atoms with Crippen molar-refractivity contribution in [2.75, 3.05) is 4.72 Å². The van der Waals surface area contributed by atoms with Crippen molar-refractivity contribution < 1.29 is 27.7 Å². The average Bonchev–Trinajstić information content (AvgIpc) is 2.79. The van der Waals surface area contributed by atoms with Gasteiger partial charge in [-0.2, -0.15) is 0 Å². The Labute approximate surface area is 196 Å². The van der Waals surface area contributed by atoms with Crippen LogP contribution in [0.5, 0.6) is 0 Å². The zero-order chi connectivity index (χ0) is 25.0. The molecule has 34 heavy (non-hydrogen) atoms. The molecule has 3 aromatic carbocycles. The van der Waals surface area contributed by atoms with Crippen LogP contribution in [0.25, 0.3) is 0 Å². The van der Waals surface area contributed by atoms with Crippen molar-refractivity contribution in [3.05, 3.63) is 99.1 Å². The summed E-state index contributed by atoms with van der Waals surface area (Å²) < 4.78 is 33.6. The molecule has 9 nitrogen and oxygen atoms in total. The van der Waals surface area contributed by atoms with E-state index in [9.17, 15) is 28.1 Å². The Morgan fingerprint density at radius 3 is 2.29 bits per heavy atom. The molecular weight excluding hydrogens is 460 g/mol. The number of para-hydroxylation sites is 1. The molecule has 1 N–H and O–H groups in total. The van der Waals surface area contributed by atoms with E-state index in [0.717, 1.165) is 11.6 Å². The number of nitrogens with one attached hydrogen (secondary N) is 1. The normalized spacial score (nSPS) is 12.0. The van der Waals surface area contributed by atoms with Crippen molar-refractivity contribution in [1.82, 2.24) is 0 Å². The van der Waals surface area contributed by atoms with Crippen LogP contribution in [0.3, 0.4) is 0 Å². The lowest BCUT2D eigenvalue weighted by atomic mass is 10.1. The number of anilines is 1. The van der Waals surface area contributed by atoms with Gasteiger partial charge < -0.3 is 4.74 Å². The van der Waals surface area contributed by atoms with Gasteiger partial charge >= 0.3 is 5.97 Å². The molecule has 0 amide bonds. The first-order chi connectivity index (χ1) is 16.0. The average molecular weight is 483 g/mol. The van der Waals surface area contributed by atoms with Crippen molar-refractivity contribution in [1.29, 1.82) is 0 Å². The van der Waals surface area contributed by atoms with Crippen LogP contribution in [0.1, 0.15) is 38.8 Å². The molecule has 1 atom stereocenters. The molecule has 0 spiro atoms. The van der Waals surface area contributed by atoms with Gasteiger partial charge in [0.15, 0.2) is 6.10 Å². The van der Waals surface area contributed by atoms with Gasteiger partial charge in [-0.05, 0) is 38.5 Å². The van der Waals surface area contributed by atoms with E-state index < -0.39 is 32.8 Å². The molecule has 3 rings (SSSR count). The smallest absolute Gasteiger partial charge is 0.340 e. The molecule has 0 aromatic heterocycles. The van der Waals surface area contributed by atoms with E-state index in [4.69, 9.17) is 4.74 Å². The van der Waals surface area contributed by atoms with Crippen molar-refractivity contribution in [3.63, 3.8) is 0 Å². The number of carbonyl (C=O) groups excluding carboxylic acids is 2. The second-order valence-corrected chi connectivity index (χ2v) is 9.29. The van der Waals surface area contributed by atoms with E-state index in [-0.39, 0.29) is 27.4 Å². The predicted molar refractivity (Wildman–Crippen MR) is 125 cm³/mol. The number of Topliss-reactive ketones (excluding diaryl/α,β-unsaturated/α-hetero) is 1. The first kappa shape index (κ1) is 24.6. The lowest BCUT2D eigenvalue weighted by molar-refractivity contribution is -0.385. The first-order valence-electron chi connectivity index (χ1n) is 10.2. The number of nitro benzene ring substituents is 1. The van der Waals surface area contributed by atoms with Crippen LogP contribution in [0.4, 0.5) is 11.4 Å². The van der Waals surface area contributed by atoms with Gasteiger partial charge in [0, 0.05) is 17.7 Å². The fraction of sp³-hybridized carbons (Fsp3) is 0.167. The second kappa shape index (κ2) is 9.84. The summed E-state index contributed by atoms with van der Waals surface area (Å²) in [5.41, 5.74) is 1.05. The maximum atomic E-state index is 13.0. The van der Waals surface area contributed by atoms with E-state index in [2.05, 4.69) is 4.72 Å². The predicted octanol–water partition coefficient (Wildman–Crippen LogP) is 4.44. The highest BCUT2D eigenvalue weighted by atomic mass is 32.2. The van der Waals surface area contributed by atoms with E-state index in [1.54, 1.807) is 24.3 Å². The number of non-ortho nitro benzene ring substituents is 1. The number of nitrogens with zero attached hydrogens (tertiary/aromatic N) is 1. The summed E-state index contributed by atoms with van der Waals surface area (Å²) in [4.78, 5) is 35.5. The fourth-order valence-electron chi connectivity index (χ4n) is 3.17. The summed E-state index contributed by atoms with van der Waals surface area (Å²) in [6.45, 7) is 4.81. The quantitative estimate of drug-likeness (QED) is 0.217. The minimum Gasteiger partial charge on any atom is -0.451 e. The number of nitro groups is 1. The summed E-state index contributed by atoms with van der Waals surface area (Å²) in [5, 5.41) is 11.1. The van der Waals surface area contributed by atoms with Crippen LogP contribution in [-0.2, 0) is 14.8 Å². The Hall–Kier alpha value is -4.05. The topological polar surface area (TPSA) is 133 Å². The molecular formula is C24H22N2O7S. The molecule has 1 unspecified atom stereocenters. The molecule has 0 saturated carbocycles. The molecule has 0 fully saturated rings. The monoisotopic (exact) mass is 482 g/mol. The Kier molecular flexibility index (Phi) is 7.11. The minimum atomic E-state index is -4.28. The number of sulfonamides is 1. The van der Waals surface area contributed by atoms with Gasteiger partial charge in [0.2, 0.25) is 5.78 Å². The maximum Gasteiger partial charge on any atom is 0.340 e. The molecule has 0 bridgehead atoms. The van der Waals surface area contributed by atoms with E-state index in [1.165, 1.54) is 50.2 Å². The summed E-state index contributed by atoms with van der Waals surface area (Å²) in [5.74, 6) is -1.30. The highest BCUT2D eigenvalue weighted by Crippen LogP contribution is 2.26. The zero-order valence-electron chi connectivity index (χ0n) is 18.6. The van der Waals surface area contributed by atoms with Crippen LogP contribution in [0.15, 0.2) is 71.6 Å². The number of hydrogen-bond donors (Lipinski definition) is 1. The van der Waals surface area contributed by atoms with Gasteiger partial charge in [-0.1, -0.05) is 48.0 Å².